The first-order valence-corrected chi connectivity index (χ1v) is 18.7. The molecule has 0 aromatic heterocycles. The van der Waals surface area contributed by atoms with E-state index in [4.69, 9.17) is 15.4 Å². The number of benzene rings is 1. The average molecular weight is 602 g/mol. The van der Waals surface area contributed by atoms with E-state index in [2.05, 4.69) is 31.0 Å². The van der Waals surface area contributed by atoms with Gasteiger partial charge in [0, 0.05) is 0 Å². The number of aliphatic imine (C=N–C) groups is 1. The van der Waals surface area contributed by atoms with E-state index in [0.717, 1.165) is 18.4 Å². The van der Waals surface area contributed by atoms with Crippen LogP contribution in [0, 0.1) is 0 Å². The highest BCUT2D eigenvalue weighted by Gasteiger charge is 2.10. The lowest BCUT2D eigenvalue weighted by Gasteiger charge is -2.21. The van der Waals surface area contributed by atoms with Gasteiger partial charge in [-0.1, -0.05) is 204 Å². The number of guanidine groups is 1. The van der Waals surface area contributed by atoms with Crippen molar-refractivity contribution in [3.63, 3.8) is 0 Å². The van der Waals surface area contributed by atoms with E-state index >= 15 is 0 Å². The topological polar surface area (TPSA) is 60.1 Å². The molecule has 0 aliphatic carbocycles. The number of unbranched alkanes of at least 4 members (excludes halogenated alkanes) is 24. The maximum atomic E-state index is 6.30. The van der Waals surface area contributed by atoms with Gasteiger partial charge in [0.2, 0.25) is 5.96 Å². The highest BCUT2D eigenvalue weighted by molar-refractivity contribution is 5.75. The van der Waals surface area contributed by atoms with Crippen molar-refractivity contribution in [2.24, 2.45) is 10.7 Å². The number of nitrogens with two attached hydrogens (primary N) is 1. The Morgan fingerprint density at radius 2 is 0.837 bits per heavy atom. The second-order valence-corrected chi connectivity index (χ2v) is 12.6. The molecular formula is C38H71N3O2. The maximum Gasteiger partial charge on any atom is 0.244 e. The largest absolute Gasteiger partial charge is 0.366 e. The SMILES string of the molecule is CCCCCCCCCCCCCCCON(OCCCCCCCCCCCCCCC)C(N)=NCc1ccccc1. The molecule has 0 heterocycles. The Labute approximate surface area is 267 Å². The van der Waals surface area contributed by atoms with Gasteiger partial charge in [0.15, 0.2) is 0 Å². The molecule has 0 aliphatic heterocycles. The van der Waals surface area contributed by atoms with Crippen molar-refractivity contribution in [3.8, 4) is 0 Å². The third kappa shape index (κ3) is 26.5. The summed E-state index contributed by atoms with van der Waals surface area (Å²) in [5, 5.41) is 1.38. The summed E-state index contributed by atoms with van der Waals surface area (Å²) >= 11 is 0. The molecule has 0 fully saturated rings. The Hall–Kier alpha value is -1.59. The van der Waals surface area contributed by atoms with Crippen molar-refractivity contribution in [2.75, 3.05) is 13.2 Å². The molecular weight excluding hydrogens is 530 g/mol. The molecule has 0 atom stereocenters. The second kappa shape index (κ2) is 31.8. The highest BCUT2D eigenvalue weighted by Crippen LogP contribution is 2.14. The Morgan fingerprint density at radius 3 is 1.19 bits per heavy atom. The van der Waals surface area contributed by atoms with Gasteiger partial charge in [0.1, 0.15) is 0 Å². The highest BCUT2D eigenvalue weighted by atomic mass is 16.9. The van der Waals surface area contributed by atoms with E-state index in [1.807, 2.05) is 18.2 Å². The van der Waals surface area contributed by atoms with E-state index in [9.17, 15) is 0 Å². The molecule has 5 heteroatoms. The Bertz CT molecular complexity index is 680. The lowest BCUT2D eigenvalue weighted by atomic mass is 10.0. The zero-order valence-corrected chi connectivity index (χ0v) is 28.7. The Kier molecular flexibility index (Phi) is 29.2. The number of hydrogen-bond acceptors (Lipinski definition) is 3. The molecule has 0 aliphatic rings. The molecule has 250 valence electrons. The summed E-state index contributed by atoms with van der Waals surface area (Å²) in [4.78, 5) is 16.5. The lowest BCUT2D eigenvalue weighted by molar-refractivity contribution is -0.318. The molecule has 43 heavy (non-hydrogen) atoms. The Morgan fingerprint density at radius 1 is 0.512 bits per heavy atom. The third-order valence-corrected chi connectivity index (χ3v) is 8.37. The van der Waals surface area contributed by atoms with Crippen LogP contribution in [-0.2, 0) is 16.2 Å². The first kappa shape index (κ1) is 39.4. The van der Waals surface area contributed by atoms with Crippen LogP contribution in [0.3, 0.4) is 0 Å². The number of hydrogen-bond donors (Lipinski definition) is 1. The van der Waals surface area contributed by atoms with Gasteiger partial charge >= 0.3 is 0 Å². The minimum atomic E-state index is 0.299. The molecule has 0 amide bonds. The standard InChI is InChI=1S/C38H71N3O2/c1-3-5-7-9-11-13-15-17-19-21-23-25-30-34-42-41(38(39)40-36-37-32-28-27-29-33-37)43-35-31-26-24-22-20-18-16-14-12-10-8-6-4-2/h27-29,32-33H,3-26,30-31,34-36H2,1-2H3,(H2,39,40). The minimum absolute atomic E-state index is 0.299. The molecule has 0 bridgehead atoms. The van der Waals surface area contributed by atoms with Crippen LogP contribution in [0.2, 0.25) is 0 Å². The number of rotatable bonds is 32. The Balaban J connectivity index is 2.16. The molecule has 0 saturated carbocycles. The molecule has 1 aromatic carbocycles. The van der Waals surface area contributed by atoms with Gasteiger partial charge < -0.3 is 5.73 Å². The minimum Gasteiger partial charge on any atom is -0.366 e. The van der Waals surface area contributed by atoms with Gasteiger partial charge in [-0.25, -0.2) is 14.7 Å². The fraction of sp³-hybridized carbons (Fsp3) is 0.816. The average Bonchev–Trinajstić information content (AvgIpc) is 3.03. The molecule has 0 unspecified atom stereocenters. The van der Waals surface area contributed by atoms with Crippen molar-refractivity contribution < 1.29 is 9.68 Å². The van der Waals surface area contributed by atoms with Crippen LogP contribution in [0.5, 0.6) is 0 Å². The molecule has 1 aromatic rings. The summed E-state index contributed by atoms with van der Waals surface area (Å²) in [6.45, 7) is 6.31. The molecule has 0 radical (unpaired) electrons. The zero-order valence-electron chi connectivity index (χ0n) is 28.7. The first-order chi connectivity index (χ1) is 21.3. The van der Waals surface area contributed by atoms with Crippen molar-refractivity contribution in [2.45, 2.75) is 187 Å². The van der Waals surface area contributed by atoms with Gasteiger partial charge in [0.05, 0.1) is 19.8 Å². The zero-order chi connectivity index (χ0) is 30.9. The summed E-state index contributed by atoms with van der Waals surface area (Å²) in [6.07, 6.45) is 34.8. The van der Waals surface area contributed by atoms with Crippen LogP contribution in [0.25, 0.3) is 0 Å². The molecule has 0 saturated heterocycles. The predicted molar refractivity (Wildman–Crippen MR) is 187 cm³/mol. The summed E-state index contributed by atoms with van der Waals surface area (Å²) in [5.41, 5.74) is 7.42. The fourth-order valence-corrected chi connectivity index (χ4v) is 5.52. The lowest BCUT2D eigenvalue weighted by Crippen LogP contribution is -2.38. The van der Waals surface area contributed by atoms with Gasteiger partial charge in [-0.15, -0.1) is 0 Å². The monoisotopic (exact) mass is 602 g/mol. The molecule has 1 rings (SSSR count). The van der Waals surface area contributed by atoms with Gasteiger partial charge in [-0.05, 0) is 18.4 Å². The summed E-state index contributed by atoms with van der Waals surface area (Å²) in [5.74, 6) is 0.299. The maximum absolute atomic E-state index is 6.30. The third-order valence-electron chi connectivity index (χ3n) is 8.37. The quantitative estimate of drug-likeness (QED) is 0.0386. The van der Waals surface area contributed by atoms with Crippen LogP contribution in [-0.4, -0.2) is 24.4 Å². The fourth-order valence-electron chi connectivity index (χ4n) is 5.52. The van der Waals surface area contributed by atoms with Crippen molar-refractivity contribution >= 4 is 5.96 Å². The van der Waals surface area contributed by atoms with E-state index in [0.29, 0.717) is 25.7 Å². The van der Waals surface area contributed by atoms with E-state index in [1.54, 1.807) is 0 Å². The van der Waals surface area contributed by atoms with Gasteiger partial charge in [-0.3, -0.25) is 0 Å². The first-order valence-electron chi connectivity index (χ1n) is 18.7. The summed E-state index contributed by atoms with van der Waals surface area (Å²) in [7, 11) is 0. The van der Waals surface area contributed by atoms with Crippen LogP contribution < -0.4 is 5.73 Å². The predicted octanol–water partition coefficient (Wildman–Crippen LogP) is 11.8. The van der Waals surface area contributed by atoms with Gasteiger partial charge in [-0.2, -0.15) is 0 Å². The van der Waals surface area contributed by atoms with Crippen molar-refractivity contribution in [1.82, 2.24) is 5.23 Å². The van der Waals surface area contributed by atoms with Crippen molar-refractivity contribution in [3.05, 3.63) is 35.9 Å². The van der Waals surface area contributed by atoms with E-state index < -0.39 is 0 Å². The van der Waals surface area contributed by atoms with Crippen LogP contribution in [0.15, 0.2) is 35.3 Å². The van der Waals surface area contributed by atoms with Crippen LogP contribution in [0.1, 0.15) is 186 Å². The smallest absolute Gasteiger partial charge is 0.244 e. The number of hydroxylamine groups is 2. The molecule has 2 N–H and O–H groups in total. The normalized spacial score (nSPS) is 11.8. The van der Waals surface area contributed by atoms with Crippen molar-refractivity contribution in [1.29, 1.82) is 0 Å². The number of nitrogens with zero attached hydrogens (tertiary/aromatic N) is 2. The van der Waals surface area contributed by atoms with E-state index in [1.165, 1.54) is 159 Å². The molecule has 0 spiro atoms. The second-order valence-electron chi connectivity index (χ2n) is 12.6. The van der Waals surface area contributed by atoms with Crippen LogP contribution >= 0.6 is 0 Å². The van der Waals surface area contributed by atoms with Crippen LogP contribution in [0.4, 0.5) is 0 Å². The summed E-state index contributed by atoms with van der Waals surface area (Å²) in [6, 6.07) is 10.2. The van der Waals surface area contributed by atoms with Gasteiger partial charge in [0.25, 0.3) is 0 Å². The summed E-state index contributed by atoms with van der Waals surface area (Å²) < 4.78 is 0. The van der Waals surface area contributed by atoms with E-state index in [-0.39, 0.29) is 0 Å². The molecule has 5 nitrogen and oxygen atoms in total.